The van der Waals surface area contributed by atoms with Gasteiger partial charge in [-0.15, -0.1) is 0 Å². The van der Waals surface area contributed by atoms with Crippen LogP contribution in [0.15, 0.2) is 30.5 Å². The molecule has 0 radical (unpaired) electrons. The highest BCUT2D eigenvalue weighted by molar-refractivity contribution is 6.30. The SMILES string of the molecule is COCC[C@H](C)NC(=O)c1cnn(-c2cccc(Cl)c2)c1C(F)(F)F. The fourth-order valence-electron chi connectivity index (χ4n) is 2.26. The van der Waals surface area contributed by atoms with Crippen molar-refractivity contribution >= 4 is 17.5 Å². The van der Waals surface area contributed by atoms with Crippen LogP contribution in [0, 0.1) is 0 Å². The Morgan fingerprint density at radius 2 is 2.16 bits per heavy atom. The molecule has 1 heterocycles. The van der Waals surface area contributed by atoms with Gasteiger partial charge in [-0.25, -0.2) is 4.68 Å². The molecular weight excluding hydrogens is 359 g/mol. The first kappa shape index (κ1) is 19.3. The topological polar surface area (TPSA) is 56.1 Å². The molecule has 1 amide bonds. The second-order valence-corrected chi connectivity index (χ2v) is 5.89. The highest BCUT2D eigenvalue weighted by atomic mass is 35.5. The van der Waals surface area contributed by atoms with E-state index in [1.165, 1.54) is 31.4 Å². The summed E-state index contributed by atoms with van der Waals surface area (Å²) >= 11 is 5.83. The van der Waals surface area contributed by atoms with Gasteiger partial charge in [0.05, 0.1) is 17.4 Å². The largest absolute Gasteiger partial charge is 0.434 e. The van der Waals surface area contributed by atoms with E-state index in [1.807, 2.05) is 0 Å². The number of carbonyl (C=O) groups excluding carboxylic acids is 1. The summed E-state index contributed by atoms with van der Waals surface area (Å²) in [6.45, 7) is 2.07. The van der Waals surface area contributed by atoms with Crippen LogP contribution in [0.25, 0.3) is 5.69 Å². The number of hydrogen-bond donors (Lipinski definition) is 1. The Morgan fingerprint density at radius 1 is 1.44 bits per heavy atom. The van der Waals surface area contributed by atoms with Crippen molar-refractivity contribution in [3.05, 3.63) is 46.7 Å². The van der Waals surface area contributed by atoms with Gasteiger partial charge in [0.2, 0.25) is 0 Å². The average molecular weight is 376 g/mol. The fourth-order valence-corrected chi connectivity index (χ4v) is 2.44. The molecule has 1 N–H and O–H groups in total. The van der Waals surface area contributed by atoms with E-state index in [4.69, 9.17) is 16.3 Å². The third-order valence-corrected chi connectivity index (χ3v) is 3.70. The predicted octanol–water partition coefficient (Wildman–Crippen LogP) is 3.70. The number of halogens is 4. The van der Waals surface area contributed by atoms with Crippen molar-refractivity contribution in [3.8, 4) is 5.69 Å². The number of alkyl halides is 3. The van der Waals surface area contributed by atoms with Crippen molar-refractivity contribution in [2.75, 3.05) is 13.7 Å². The van der Waals surface area contributed by atoms with Gasteiger partial charge in [0.25, 0.3) is 5.91 Å². The lowest BCUT2D eigenvalue weighted by Gasteiger charge is -2.15. The summed E-state index contributed by atoms with van der Waals surface area (Å²) in [5.41, 5.74) is -1.57. The molecule has 5 nitrogen and oxygen atoms in total. The van der Waals surface area contributed by atoms with Crippen molar-refractivity contribution < 1.29 is 22.7 Å². The van der Waals surface area contributed by atoms with Crippen LogP contribution < -0.4 is 5.32 Å². The average Bonchev–Trinajstić information content (AvgIpc) is 2.98. The minimum Gasteiger partial charge on any atom is -0.385 e. The van der Waals surface area contributed by atoms with Crippen LogP contribution >= 0.6 is 11.6 Å². The summed E-state index contributed by atoms with van der Waals surface area (Å²) in [6.07, 6.45) is -3.38. The number of aromatic nitrogens is 2. The molecule has 0 aliphatic carbocycles. The minimum atomic E-state index is -4.76. The number of nitrogens with one attached hydrogen (secondary N) is 1. The van der Waals surface area contributed by atoms with Crippen LogP contribution in [-0.4, -0.2) is 35.4 Å². The third-order valence-electron chi connectivity index (χ3n) is 3.47. The van der Waals surface area contributed by atoms with Crippen LogP contribution in [0.1, 0.15) is 29.4 Å². The van der Waals surface area contributed by atoms with E-state index in [0.717, 1.165) is 6.20 Å². The monoisotopic (exact) mass is 375 g/mol. The maximum Gasteiger partial charge on any atom is 0.434 e. The smallest absolute Gasteiger partial charge is 0.385 e. The number of methoxy groups -OCH3 is 1. The lowest BCUT2D eigenvalue weighted by Crippen LogP contribution is -2.34. The van der Waals surface area contributed by atoms with Crippen molar-refractivity contribution in [1.29, 1.82) is 0 Å². The van der Waals surface area contributed by atoms with Crippen LogP contribution in [0.2, 0.25) is 5.02 Å². The van der Waals surface area contributed by atoms with Gasteiger partial charge in [0.1, 0.15) is 0 Å². The Balaban J connectivity index is 2.38. The maximum absolute atomic E-state index is 13.5. The van der Waals surface area contributed by atoms with Gasteiger partial charge in [-0.1, -0.05) is 17.7 Å². The molecule has 0 spiro atoms. The lowest BCUT2D eigenvalue weighted by atomic mass is 10.2. The molecule has 0 aliphatic heterocycles. The molecule has 136 valence electrons. The lowest BCUT2D eigenvalue weighted by molar-refractivity contribution is -0.143. The highest BCUT2D eigenvalue weighted by Gasteiger charge is 2.40. The van der Waals surface area contributed by atoms with Gasteiger partial charge in [0, 0.05) is 24.8 Å². The van der Waals surface area contributed by atoms with E-state index in [0.29, 0.717) is 17.7 Å². The van der Waals surface area contributed by atoms with Gasteiger partial charge >= 0.3 is 6.18 Å². The number of nitrogens with zero attached hydrogens (tertiary/aromatic N) is 2. The van der Waals surface area contributed by atoms with Crippen LogP contribution in [-0.2, 0) is 10.9 Å². The molecule has 0 saturated carbocycles. The zero-order valence-corrected chi connectivity index (χ0v) is 14.4. The summed E-state index contributed by atoms with van der Waals surface area (Å²) in [4.78, 5) is 12.3. The first-order valence-corrected chi connectivity index (χ1v) is 7.82. The van der Waals surface area contributed by atoms with E-state index in [-0.39, 0.29) is 16.8 Å². The number of ether oxygens (including phenoxy) is 1. The zero-order valence-electron chi connectivity index (χ0n) is 13.6. The summed E-state index contributed by atoms with van der Waals surface area (Å²) in [5.74, 6) is -0.843. The van der Waals surface area contributed by atoms with Gasteiger partial charge < -0.3 is 10.1 Å². The van der Waals surface area contributed by atoms with E-state index < -0.39 is 23.3 Å². The minimum absolute atomic E-state index is 0.117. The first-order chi connectivity index (χ1) is 11.7. The molecule has 9 heteroatoms. The molecule has 0 aliphatic rings. The molecule has 1 atom stereocenters. The van der Waals surface area contributed by atoms with Crippen molar-refractivity contribution in [3.63, 3.8) is 0 Å². The number of amides is 1. The summed E-state index contributed by atoms with van der Waals surface area (Å²) in [6, 6.07) is 5.46. The van der Waals surface area contributed by atoms with Crippen LogP contribution in [0.3, 0.4) is 0 Å². The van der Waals surface area contributed by atoms with Crippen molar-refractivity contribution in [2.45, 2.75) is 25.6 Å². The Labute approximate surface area is 147 Å². The standard InChI is InChI=1S/C16H17ClF3N3O2/c1-10(6-7-25-2)22-15(24)13-9-21-23(14(13)16(18,19)20)12-5-3-4-11(17)8-12/h3-5,8-10H,6-7H2,1-2H3,(H,22,24)/t10-/m0/s1. The molecular formula is C16H17ClF3N3O2. The quantitative estimate of drug-likeness (QED) is 0.837. The van der Waals surface area contributed by atoms with Crippen molar-refractivity contribution in [1.82, 2.24) is 15.1 Å². The second-order valence-electron chi connectivity index (χ2n) is 5.45. The number of hydrogen-bond acceptors (Lipinski definition) is 3. The van der Waals surface area contributed by atoms with Gasteiger partial charge in [-0.05, 0) is 31.5 Å². The number of benzene rings is 1. The van der Waals surface area contributed by atoms with E-state index >= 15 is 0 Å². The van der Waals surface area contributed by atoms with E-state index in [9.17, 15) is 18.0 Å². The summed E-state index contributed by atoms with van der Waals surface area (Å²) in [7, 11) is 1.51. The van der Waals surface area contributed by atoms with E-state index in [2.05, 4.69) is 10.4 Å². The molecule has 0 bridgehead atoms. The van der Waals surface area contributed by atoms with Gasteiger partial charge in [0.15, 0.2) is 5.69 Å². The first-order valence-electron chi connectivity index (χ1n) is 7.45. The Bertz CT molecular complexity index is 746. The van der Waals surface area contributed by atoms with Gasteiger partial charge in [-0.2, -0.15) is 18.3 Å². The maximum atomic E-state index is 13.5. The molecule has 0 fully saturated rings. The molecule has 1 aromatic heterocycles. The second kappa shape index (κ2) is 7.88. The number of rotatable bonds is 6. The molecule has 0 unspecified atom stereocenters. The molecule has 25 heavy (non-hydrogen) atoms. The predicted molar refractivity (Wildman–Crippen MR) is 87.0 cm³/mol. The van der Waals surface area contributed by atoms with Crippen LogP contribution in [0.5, 0.6) is 0 Å². The Hall–Kier alpha value is -2.06. The third kappa shape index (κ3) is 4.73. The summed E-state index contributed by atoms with van der Waals surface area (Å²) < 4.78 is 46.2. The van der Waals surface area contributed by atoms with Crippen LogP contribution in [0.4, 0.5) is 13.2 Å². The molecule has 2 rings (SSSR count). The Morgan fingerprint density at radius 3 is 2.76 bits per heavy atom. The highest BCUT2D eigenvalue weighted by Crippen LogP contribution is 2.34. The summed E-state index contributed by atoms with van der Waals surface area (Å²) in [5, 5.41) is 6.52. The fraction of sp³-hybridized carbons (Fsp3) is 0.375. The van der Waals surface area contributed by atoms with E-state index in [1.54, 1.807) is 6.92 Å². The normalized spacial score (nSPS) is 12.9. The number of carbonyl (C=O) groups is 1. The zero-order chi connectivity index (χ0) is 18.6. The Kier molecular flexibility index (Phi) is 6.07. The molecule has 1 aromatic carbocycles. The molecule has 2 aromatic rings. The van der Waals surface area contributed by atoms with Gasteiger partial charge in [-0.3, -0.25) is 4.79 Å². The molecule has 0 saturated heterocycles. The van der Waals surface area contributed by atoms with Crippen molar-refractivity contribution in [2.24, 2.45) is 0 Å².